The monoisotopic (exact) mass is 1350 g/mol. The van der Waals surface area contributed by atoms with E-state index in [1.54, 1.807) is 75.1 Å². The van der Waals surface area contributed by atoms with Gasteiger partial charge in [-0.2, -0.15) is 46.8 Å². The number of hydrogen-bond acceptors (Lipinski definition) is 12. The number of aromatic nitrogens is 6. The number of aliphatic hydroxyl groups excluding tert-OH is 1. The third kappa shape index (κ3) is 45.5. The Balaban J connectivity index is -0.000000146. The summed E-state index contributed by atoms with van der Waals surface area (Å²) in [5.74, 6) is -2.84. The predicted molar refractivity (Wildman–Crippen MR) is 284 cm³/mol. The molecular formula is C54H48B4F16Li4N6O12. The van der Waals surface area contributed by atoms with Crippen LogP contribution in [0.3, 0.4) is 0 Å². The third-order valence-electron chi connectivity index (χ3n) is 10.5. The van der Waals surface area contributed by atoms with E-state index in [1.807, 2.05) is 144 Å². The van der Waals surface area contributed by atoms with Crippen LogP contribution in [0.1, 0.15) is 15.9 Å². The summed E-state index contributed by atoms with van der Waals surface area (Å²) in [4.78, 5) is 64.6. The van der Waals surface area contributed by atoms with Crippen molar-refractivity contribution in [2.75, 3.05) is 13.7 Å². The molecule has 0 aliphatic heterocycles. The van der Waals surface area contributed by atoms with Gasteiger partial charge in [-0.1, -0.05) is 0 Å². The number of rotatable bonds is 16. The van der Waals surface area contributed by atoms with Crippen LogP contribution < -0.4 is 132 Å². The van der Waals surface area contributed by atoms with Crippen molar-refractivity contribution in [3.8, 4) is 44.8 Å². The molecule has 0 unspecified atom stereocenters. The van der Waals surface area contributed by atoms with Gasteiger partial charge in [-0.15, -0.1) is 0 Å². The van der Waals surface area contributed by atoms with Gasteiger partial charge in [0.15, 0.2) is 86.6 Å². The fourth-order valence-electron chi connectivity index (χ4n) is 6.76. The number of ketones is 1. The van der Waals surface area contributed by atoms with Crippen LogP contribution in [0.25, 0.3) is 44.8 Å². The molecule has 42 heteroatoms. The number of nitrogens with zero attached hydrogens (tertiary/aromatic N) is 6. The molecule has 0 atom stereocenters. The average molecular weight is 1350 g/mol. The smallest absolute Gasteiger partial charge is 1.00 e. The number of benzene rings is 2. The normalized spacial score (nSPS) is 8.65. The van der Waals surface area contributed by atoms with Crippen molar-refractivity contribution < 1.29 is 233 Å². The first kappa shape index (κ1) is 107. The maximum atomic E-state index is 11.2. The van der Waals surface area contributed by atoms with Crippen LogP contribution in [0.2, 0.25) is 0 Å². The molecule has 0 spiro atoms. The molecule has 8 aromatic rings. The molecule has 494 valence electrons. The van der Waals surface area contributed by atoms with Crippen LogP contribution in [0.15, 0.2) is 196 Å². The Morgan fingerprint density at radius 1 is 0.427 bits per heavy atom. The van der Waals surface area contributed by atoms with E-state index in [2.05, 4.69) is 4.74 Å². The van der Waals surface area contributed by atoms with Gasteiger partial charge in [0.2, 0.25) is 24.6 Å². The molecule has 0 aliphatic carbocycles. The van der Waals surface area contributed by atoms with Crippen molar-refractivity contribution in [1.29, 1.82) is 0 Å². The number of aliphatic hydroxyl groups is 1. The molecule has 6 aromatic heterocycles. The predicted octanol–water partition coefficient (Wildman–Crippen LogP) is -20.6. The molecule has 0 saturated carbocycles. The third-order valence-corrected chi connectivity index (χ3v) is 10.5. The largest absolute Gasteiger partial charge is 1.00 e. The Labute approximate surface area is 587 Å². The summed E-state index contributed by atoms with van der Waals surface area (Å²) in [6.07, 6.45) is 25.6. The number of hydrogen-bond donors (Lipinski definition) is 1. The maximum Gasteiger partial charge on any atom is 1.00 e. The molecule has 2 aromatic carbocycles. The Kier molecular flexibility index (Phi) is 66.4. The van der Waals surface area contributed by atoms with Crippen molar-refractivity contribution >= 4 is 66.4 Å². The number of carbonyl (C=O) groups excluding carboxylic acids is 6. The molecular weight excluding hydrogens is 1300 g/mol. The number of carboxylic acid groups (broad SMARTS) is 2. The number of esters is 1. The molecule has 0 amide bonds. The number of halogens is 16. The van der Waals surface area contributed by atoms with Gasteiger partial charge in [0.25, 0.3) is 0 Å². The van der Waals surface area contributed by atoms with Gasteiger partial charge < -0.3 is 69.0 Å². The van der Waals surface area contributed by atoms with Crippen LogP contribution in [0, 0.1) is 0 Å². The van der Waals surface area contributed by atoms with Gasteiger partial charge in [-0.3, -0.25) is 56.6 Å². The summed E-state index contributed by atoms with van der Waals surface area (Å²) in [5.41, 5.74) is 8.59. The second kappa shape index (κ2) is 59.6. The minimum absolute atomic E-state index is 0. The van der Waals surface area contributed by atoms with E-state index < -0.39 is 48.7 Å². The quantitative estimate of drug-likeness (QED) is 0.0311. The summed E-state index contributed by atoms with van der Waals surface area (Å²) in [6, 6.07) is 36.8. The molecule has 0 saturated heterocycles. The average Bonchev–Trinajstić information content (AvgIpc) is 0.885. The van der Waals surface area contributed by atoms with E-state index in [4.69, 9.17) is 5.11 Å². The topological polar surface area (TPSA) is 261 Å². The van der Waals surface area contributed by atoms with Crippen LogP contribution in [-0.2, 0) is 54.9 Å². The number of carbonyl (C=O) groups is 4. The second-order valence-electron chi connectivity index (χ2n) is 16.3. The molecule has 96 heavy (non-hydrogen) atoms. The van der Waals surface area contributed by atoms with Gasteiger partial charge in [0.05, 0.1) is 25.9 Å². The first-order valence-corrected chi connectivity index (χ1v) is 24.1. The summed E-state index contributed by atoms with van der Waals surface area (Å²) in [5, 5.41) is 30.1. The SMILES string of the molecule is COC(=O)C[n+]1ccc(-c2cc[n+](CC(=O)CO)cc2)cc1.FB(F)F.FB(F)F.FB(F)F.FB(F)F.O=[C-]C[n+]1ccc(-c2cc[n+](CC(=O)[O-])cc2)cc1.O=[C-]c1ccc(-[n+]2ccc(-c3cc[n+](-c4ccc(C(=O)[O-])cc4)cc3)cc2)cc1.[F-].[F-].[F-].[F-].[Li+].[Li+].[Li+].[Li+].[OH-].[OH-]. The Morgan fingerprint density at radius 2 is 0.688 bits per heavy atom. The van der Waals surface area contributed by atoms with E-state index >= 15 is 0 Å². The molecule has 0 fully saturated rings. The molecule has 3 N–H and O–H groups in total. The summed E-state index contributed by atoms with van der Waals surface area (Å²) in [6.45, 7) is -0.0713. The van der Waals surface area contributed by atoms with Gasteiger partial charge in [0, 0.05) is 84.9 Å². The van der Waals surface area contributed by atoms with Gasteiger partial charge in [-0.25, -0.2) is 9.36 Å². The number of Topliss-reactive ketones (excluding diaryl/α,β-unsaturated/α-hetero) is 1. The van der Waals surface area contributed by atoms with E-state index in [0.29, 0.717) is 5.56 Å². The first-order valence-electron chi connectivity index (χ1n) is 24.1. The number of carboxylic acids is 2. The summed E-state index contributed by atoms with van der Waals surface area (Å²) < 4.78 is 131. The Hall–Kier alpha value is -7.83. The zero-order chi connectivity index (χ0) is 64.1. The zero-order valence-electron chi connectivity index (χ0n) is 51.1. The second-order valence-corrected chi connectivity index (χ2v) is 16.3. The van der Waals surface area contributed by atoms with Gasteiger partial charge in [-0.05, 0) is 63.2 Å². The fraction of sp³-hybridized carbons (Fsp3) is 0.111. The van der Waals surface area contributed by atoms with Crippen molar-refractivity contribution in [1.82, 2.24) is 0 Å². The number of methoxy groups -OCH3 is 1. The fourth-order valence-corrected chi connectivity index (χ4v) is 6.76. The van der Waals surface area contributed by atoms with Crippen LogP contribution >= 0.6 is 0 Å². The minimum atomic E-state index is -3.67. The maximum absolute atomic E-state index is 11.2. The Morgan fingerprint density at radius 3 is 0.938 bits per heavy atom. The molecule has 0 bridgehead atoms. The van der Waals surface area contributed by atoms with Crippen LogP contribution in [0.4, 0.5) is 51.8 Å². The number of aromatic carboxylic acids is 1. The van der Waals surface area contributed by atoms with Crippen molar-refractivity contribution in [3.05, 3.63) is 207 Å². The van der Waals surface area contributed by atoms with Crippen LogP contribution in [0.5, 0.6) is 0 Å². The van der Waals surface area contributed by atoms with E-state index in [0.717, 1.165) is 44.8 Å². The van der Waals surface area contributed by atoms with Crippen molar-refractivity contribution in [2.24, 2.45) is 0 Å². The Bertz CT molecular complexity index is 3250. The van der Waals surface area contributed by atoms with Crippen molar-refractivity contribution in [3.63, 3.8) is 0 Å². The number of ether oxygens (including phenoxy) is 1. The summed E-state index contributed by atoms with van der Waals surface area (Å²) in [7, 11) is -13.3. The summed E-state index contributed by atoms with van der Waals surface area (Å²) >= 11 is 0. The molecule has 6 heterocycles. The van der Waals surface area contributed by atoms with Gasteiger partial charge >= 0.3 is 112 Å². The van der Waals surface area contributed by atoms with Crippen LogP contribution in [-0.4, -0.2) is 96.2 Å². The van der Waals surface area contributed by atoms with E-state index in [1.165, 1.54) is 23.8 Å². The molecule has 0 radical (unpaired) electrons. The molecule has 8 rings (SSSR count). The van der Waals surface area contributed by atoms with E-state index in [-0.39, 0.29) is 149 Å². The number of pyridine rings is 6. The minimum Gasteiger partial charge on any atom is -1.00 e. The number of aliphatic carboxylic acids is 1. The van der Waals surface area contributed by atoms with Crippen molar-refractivity contribution in [2.45, 2.75) is 26.2 Å². The standard InChI is InChI=1S/C24H16N2O3.C16H18N2O4.C14H12N2O3.4BF3.4FH.4Li.2H2O/c27-17-18-1-5-22(6-2-18)25-13-9-19(10-14-25)20-11-15-26(16-12-20)23-7-3-21(4-8-23)24(28)29;1-22-16(21)11-18-8-4-14(5-9-18)13-2-6-17(7-3-13)10-15(20)12-19;17-10-9-15-5-1-12(2-6-15)13-3-7-16(8-4-13)11-14(18)19;4*2-1(3)4;;;;;;;;;;/h1-16H;2-9,19H,10-12H2,1H3;1-8H,9,11H2;;;;;4*1H;;;;;2*1H2/q;+2;;;;;;;;;;4*+1;;/p-6. The van der Waals surface area contributed by atoms with Gasteiger partial charge in [0.1, 0.15) is 12.6 Å². The molecule has 0 aliphatic rings. The molecule has 18 nitrogen and oxygen atoms in total. The first-order chi connectivity index (χ1) is 40.9. The zero-order valence-corrected chi connectivity index (χ0v) is 51.1. The van der Waals surface area contributed by atoms with E-state index in [9.17, 15) is 90.8 Å².